The lowest BCUT2D eigenvalue weighted by molar-refractivity contribution is -0.137. The topological polar surface area (TPSA) is 59.6 Å². The Hall–Kier alpha value is -1.58. The zero-order valence-corrected chi connectivity index (χ0v) is 11.3. The minimum Gasteiger partial charge on any atom is -0.449 e. The van der Waals surface area contributed by atoms with Crippen molar-refractivity contribution < 1.29 is 14.3 Å². The standard InChI is InChI=1S/C12H16N2O3S/c1-3-16-6-4-5-7-17-11(15)10-8-13-12(18)14-9(10)2/h3,6-8H2,1-2H3,(H2,13,14,18). The van der Waals surface area contributed by atoms with Gasteiger partial charge in [-0.15, -0.1) is 0 Å². The second-order valence-corrected chi connectivity index (χ2v) is 3.89. The van der Waals surface area contributed by atoms with Crippen LogP contribution in [0.3, 0.4) is 0 Å². The van der Waals surface area contributed by atoms with Crippen molar-refractivity contribution in [3.8, 4) is 11.8 Å². The summed E-state index contributed by atoms with van der Waals surface area (Å²) in [6.07, 6.45) is 0. The monoisotopic (exact) mass is 268 g/mol. The quantitative estimate of drug-likeness (QED) is 0.331. The Bertz CT molecular complexity index is 421. The van der Waals surface area contributed by atoms with Crippen LogP contribution in [0.1, 0.15) is 13.8 Å². The number of carbonyl (C=O) groups is 1. The van der Waals surface area contributed by atoms with Crippen LogP contribution < -0.4 is 10.6 Å². The molecule has 1 aliphatic rings. The van der Waals surface area contributed by atoms with Gasteiger partial charge in [0.05, 0.1) is 12.1 Å². The SMILES string of the molecule is CCOCC#CCOC(=O)C1=C(C)NC(=S)NC1. The van der Waals surface area contributed by atoms with Crippen molar-refractivity contribution in [1.82, 2.24) is 10.6 Å². The fourth-order valence-electron chi connectivity index (χ4n) is 1.26. The molecule has 0 spiro atoms. The highest BCUT2D eigenvalue weighted by atomic mass is 32.1. The van der Waals surface area contributed by atoms with Crippen LogP contribution in [0.25, 0.3) is 0 Å². The van der Waals surface area contributed by atoms with Crippen LogP contribution in [0.2, 0.25) is 0 Å². The highest BCUT2D eigenvalue weighted by Gasteiger charge is 2.19. The summed E-state index contributed by atoms with van der Waals surface area (Å²) in [6, 6.07) is 0. The molecule has 0 saturated heterocycles. The van der Waals surface area contributed by atoms with E-state index in [0.717, 1.165) is 0 Å². The van der Waals surface area contributed by atoms with Crippen molar-refractivity contribution in [3.05, 3.63) is 11.3 Å². The van der Waals surface area contributed by atoms with Crippen LogP contribution in [0, 0.1) is 11.8 Å². The largest absolute Gasteiger partial charge is 0.449 e. The van der Waals surface area contributed by atoms with Gasteiger partial charge >= 0.3 is 5.97 Å². The van der Waals surface area contributed by atoms with E-state index < -0.39 is 0 Å². The highest BCUT2D eigenvalue weighted by molar-refractivity contribution is 7.80. The molecule has 0 aromatic carbocycles. The summed E-state index contributed by atoms with van der Waals surface area (Å²) >= 11 is 4.92. The molecule has 98 valence electrons. The Morgan fingerprint density at radius 3 is 2.83 bits per heavy atom. The number of carbonyl (C=O) groups excluding carboxylic acids is 1. The molecule has 2 N–H and O–H groups in total. The van der Waals surface area contributed by atoms with Gasteiger partial charge in [0.1, 0.15) is 6.61 Å². The van der Waals surface area contributed by atoms with Crippen molar-refractivity contribution in [2.24, 2.45) is 0 Å². The second-order valence-electron chi connectivity index (χ2n) is 3.48. The predicted octanol–water partition coefficient (Wildman–Crippen LogP) is 0.321. The molecule has 0 radical (unpaired) electrons. The molecule has 0 amide bonds. The average Bonchev–Trinajstić information content (AvgIpc) is 2.33. The minimum absolute atomic E-state index is 0.0626. The minimum atomic E-state index is -0.388. The van der Waals surface area contributed by atoms with E-state index in [0.29, 0.717) is 36.1 Å². The number of hydrogen-bond donors (Lipinski definition) is 2. The van der Waals surface area contributed by atoms with E-state index in [9.17, 15) is 4.79 Å². The number of ether oxygens (including phenoxy) is 2. The van der Waals surface area contributed by atoms with Gasteiger partial charge in [0.15, 0.2) is 11.7 Å². The Labute approximate surface area is 112 Å². The molecule has 0 saturated carbocycles. The maximum absolute atomic E-state index is 11.7. The molecule has 1 aliphatic heterocycles. The van der Waals surface area contributed by atoms with E-state index in [1.54, 1.807) is 6.92 Å². The molecule has 0 unspecified atom stereocenters. The molecule has 1 heterocycles. The summed E-state index contributed by atoms with van der Waals surface area (Å²) in [5, 5.41) is 6.25. The molecule has 0 aromatic heterocycles. The van der Waals surface area contributed by atoms with Crippen molar-refractivity contribution >= 4 is 23.3 Å². The fourth-order valence-corrected chi connectivity index (χ4v) is 1.49. The maximum Gasteiger partial charge on any atom is 0.338 e. The van der Waals surface area contributed by atoms with Crippen LogP contribution in [-0.4, -0.2) is 37.4 Å². The van der Waals surface area contributed by atoms with E-state index in [1.807, 2.05) is 6.92 Å². The first-order valence-electron chi connectivity index (χ1n) is 5.60. The van der Waals surface area contributed by atoms with Gasteiger partial charge in [-0.2, -0.15) is 0 Å². The first-order chi connectivity index (χ1) is 8.65. The Morgan fingerprint density at radius 2 is 2.17 bits per heavy atom. The lowest BCUT2D eigenvalue weighted by atomic mass is 10.2. The first-order valence-corrected chi connectivity index (χ1v) is 6.01. The van der Waals surface area contributed by atoms with Gasteiger partial charge in [-0.1, -0.05) is 11.8 Å². The zero-order valence-electron chi connectivity index (χ0n) is 10.5. The number of thiocarbonyl (C=S) groups is 1. The normalized spacial score (nSPS) is 14.2. The summed E-state index contributed by atoms with van der Waals surface area (Å²) in [4.78, 5) is 11.7. The van der Waals surface area contributed by atoms with Crippen molar-refractivity contribution in [2.45, 2.75) is 13.8 Å². The third-order valence-electron chi connectivity index (χ3n) is 2.20. The van der Waals surface area contributed by atoms with Crippen LogP contribution >= 0.6 is 12.2 Å². The fraction of sp³-hybridized carbons (Fsp3) is 0.500. The average molecular weight is 268 g/mol. The van der Waals surface area contributed by atoms with Gasteiger partial charge < -0.3 is 20.1 Å². The first kappa shape index (κ1) is 14.5. The van der Waals surface area contributed by atoms with Gasteiger partial charge in [0, 0.05) is 12.3 Å². The molecule has 0 aromatic rings. The van der Waals surface area contributed by atoms with Crippen LogP contribution in [0.5, 0.6) is 0 Å². The molecule has 0 aliphatic carbocycles. The molecule has 1 rings (SSSR count). The van der Waals surface area contributed by atoms with Gasteiger partial charge in [0.2, 0.25) is 0 Å². The molecular formula is C12H16N2O3S. The second kappa shape index (κ2) is 7.69. The van der Waals surface area contributed by atoms with E-state index in [1.165, 1.54) is 0 Å². The summed E-state index contributed by atoms with van der Waals surface area (Å²) in [7, 11) is 0. The van der Waals surface area contributed by atoms with E-state index in [4.69, 9.17) is 21.7 Å². The van der Waals surface area contributed by atoms with E-state index >= 15 is 0 Å². The third kappa shape index (κ3) is 4.73. The van der Waals surface area contributed by atoms with Crippen LogP contribution in [0.4, 0.5) is 0 Å². The molecule has 0 fully saturated rings. The predicted molar refractivity (Wildman–Crippen MR) is 71.7 cm³/mol. The molecule has 0 bridgehead atoms. The maximum atomic E-state index is 11.7. The Morgan fingerprint density at radius 1 is 1.44 bits per heavy atom. The Kier molecular flexibility index (Phi) is 6.19. The van der Waals surface area contributed by atoms with Crippen molar-refractivity contribution in [2.75, 3.05) is 26.4 Å². The molecule has 18 heavy (non-hydrogen) atoms. The molecule has 5 nitrogen and oxygen atoms in total. The third-order valence-corrected chi connectivity index (χ3v) is 2.45. The summed E-state index contributed by atoms with van der Waals surface area (Å²) < 4.78 is 10.0. The molecule has 0 atom stereocenters. The van der Waals surface area contributed by atoms with Crippen LogP contribution in [-0.2, 0) is 14.3 Å². The number of nitrogens with one attached hydrogen (secondary N) is 2. The number of hydrogen-bond acceptors (Lipinski definition) is 4. The number of esters is 1. The van der Waals surface area contributed by atoms with Crippen LogP contribution in [0.15, 0.2) is 11.3 Å². The van der Waals surface area contributed by atoms with Gasteiger partial charge in [-0.25, -0.2) is 4.79 Å². The van der Waals surface area contributed by atoms with Crippen molar-refractivity contribution in [1.29, 1.82) is 0 Å². The summed E-state index contributed by atoms with van der Waals surface area (Å²) in [5.41, 5.74) is 1.25. The number of allylic oxidation sites excluding steroid dienone is 1. The zero-order chi connectivity index (χ0) is 13.4. The van der Waals surface area contributed by atoms with Crippen molar-refractivity contribution in [3.63, 3.8) is 0 Å². The smallest absolute Gasteiger partial charge is 0.338 e. The van der Waals surface area contributed by atoms with E-state index in [-0.39, 0.29) is 12.6 Å². The number of rotatable bonds is 4. The molecule has 6 heteroatoms. The highest BCUT2D eigenvalue weighted by Crippen LogP contribution is 2.06. The van der Waals surface area contributed by atoms with E-state index in [2.05, 4.69) is 22.5 Å². The Balaban J connectivity index is 2.38. The lowest BCUT2D eigenvalue weighted by Crippen LogP contribution is -2.42. The lowest BCUT2D eigenvalue weighted by Gasteiger charge is -2.20. The molecular weight excluding hydrogens is 252 g/mol. The summed E-state index contributed by atoms with van der Waals surface area (Å²) in [5.74, 6) is 5.06. The van der Waals surface area contributed by atoms with Gasteiger partial charge in [0.25, 0.3) is 0 Å². The van der Waals surface area contributed by atoms with Gasteiger partial charge in [-0.3, -0.25) is 0 Å². The summed E-state index contributed by atoms with van der Waals surface area (Å²) in [6.45, 7) is 5.09. The van der Waals surface area contributed by atoms with Gasteiger partial charge in [-0.05, 0) is 26.1 Å².